The number of aromatic nitrogens is 2. The predicted molar refractivity (Wildman–Crippen MR) is 148 cm³/mol. The SMILES string of the molecule is CS(=O)CCN1CC(c2cccc(Oc3cnccn3)c2)N(c2ccc(Oc3ccc(Cl)cc3)cc2)C1=O. The monoisotopic (exact) mass is 548 g/mol. The number of amides is 2. The van der Waals surface area contributed by atoms with Crippen molar-refractivity contribution in [2.75, 3.05) is 30.0 Å². The van der Waals surface area contributed by atoms with E-state index in [9.17, 15) is 9.00 Å². The molecule has 0 N–H and O–H groups in total. The smallest absolute Gasteiger partial charge is 0.325 e. The van der Waals surface area contributed by atoms with E-state index in [0.717, 1.165) is 11.3 Å². The molecular formula is C28H25ClN4O4S. The van der Waals surface area contributed by atoms with Gasteiger partial charge in [-0.05, 0) is 66.2 Å². The van der Waals surface area contributed by atoms with E-state index in [0.29, 0.717) is 47.0 Å². The highest BCUT2D eigenvalue weighted by molar-refractivity contribution is 7.84. The Morgan fingerprint density at radius 1 is 0.974 bits per heavy atom. The van der Waals surface area contributed by atoms with Crippen LogP contribution in [-0.2, 0) is 10.8 Å². The van der Waals surface area contributed by atoms with Crippen LogP contribution < -0.4 is 14.4 Å². The van der Waals surface area contributed by atoms with Crippen LogP contribution in [-0.4, -0.2) is 50.2 Å². The van der Waals surface area contributed by atoms with Crippen molar-refractivity contribution < 1.29 is 18.5 Å². The Labute approximate surface area is 228 Å². The zero-order valence-electron chi connectivity index (χ0n) is 20.6. The molecule has 1 aliphatic rings. The van der Waals surface area contributed by atoms with Gasteiger partial charge >= 0.3 is 6.03 Å². The largest absolute Gasteiger partial charge is 0.457 e. The van der Waals surface area contributed by atoms with Gasteiger partial charge in [0.2, 0.25) is 5.88 Å². The van der Waals surface area contributed by atoms with Crippen LogP contribution in [0, 0.1) is 0 Å². The van der Waals surface area contributed by atoms with Gasteiger partial charge in [0, 0.05) is 59.0 Å². The molecule has 1 fully saturated rings. The van der Waals surface area contributed by atoms with Gasteiger partial charge in [0.1, 0.15) is 17.2 Å². The first-order chi connectivity index (χ1) is 18.5. The summed E-state index contributed by atoms with van der Waals surface area (Å²) in [6, 6.07) is 21.6. The number of hydrogen-bond donors (Lipinski definition) is 0. The molecule has 2 heterocycles. The second-order valence-electron chi connectivity index (χ2n) is 8.66. The summed E-state index contributed by atoms with van der Waals surface area (Å²) in [5.74, 6) is 2.69. The fraction of sp³-hybridized carbons (Fsp3) is 0.179. The summed E-state index contributed by atoms with van der Waals surface area (Å²) < 4.78 is 23.5. The van der Waals surface area contributed by atoms with Gasteiger partial charge in [0.05, 0.1) is 12.2 Å². The van der Waals surface area contributed by atoms with Gasteiger partial charge in [-0.1, -0.05) is 23.7 Å². The molecule has 8 nitrogen and oxygen atoms in total. The Hall–Kier alpha value is -3.95. The zero-order chi connectivity index (χ0) is 26.5. The van der Waals surface area contributed by atoms with Gasteiger partial charge in [0.15, 0.2) is 0 Å². The lowest BCUT2D eigenvalue weighted by Crippen LogP contribution is -2.34. The van der Waals surface area contributed by atoms with Gasteiger partial charge in [-0.25, -0.2) is 9.78 Å². The van der Waals surface area contributed by atoms with Crippen molar-refractivity contribution in [1.29, 1.82) is 0 Å². The quantitative estimate of drug-likeness (QED) is 0.252. The number of benzene rings is 3. The van der Waals surface area contributed by atoms with Crippen LogP contribution >= 0.6 is 11.6 Å². The highest BCUT2D eigenvalue weighted by Gasteiger charge is 2.39. The average molecular weight is 549 g/mol. The molecule has 194 valence electrons. The molecule has 2 unspecified atom stereocenters. The number of urea groups is 1. The third-order valence-corrected chi connectivity index (χ3v) is 7.01. The highest BCUT2D eigenvalue weighted by atomic mass is 35.5. The molecule has 3 aromatic carbocycles. The van der Waals surface area contributed by atoms with Crippen molar-refractivity contribution in [2.24, 2.45) is 0 Å². The van der Waals surface area contributed by atoms with Crippen LogP contribution in [0.4, 0.5) is 10.5 Å². The summed E-state index contributed by atoms with van der Waals surface area (Å²) >= 11 is 5.96. The molecule has 0 spiro atoms. The minimum Gasteiger partial charge on any atom is -0.457 e. The molecular weight excluding hydrogens is 524 g/mol. The fourth-order valence-electron chi connectivity index (χ4n) is 4.18. The van der Waals surface area contributed by atoms with Gasteiger partial charge in [0.25, 0.3) is 0 Å². The standard InChI is InChI=1S/C28H25ClN4O4S/c1-38(35)16-15-32-19-26(20-3-2-4-25(17-20)37-27-18-30-13-14-31-27)33(28(32)34)22-7-11-24(12-8-22)36-23-9-5-21(29)6-10-23/h2-14,17-18,26H,15-16,19H2,1H3. The number of hydrogen-bond acceptors (Lipinski definition) is 6. The number of halogens is 1. The summed E-state index contributed by atoms with van der Waals surface area (Å²) in [5, 5.41) is 0.633. The molecule has 2 atom stereocenters. The van der Waals surface area contributed by atoms with Crippen LogP contribution in [0.5, 0.6) is 23.1 Å². The second kappa shape index (κ2) is 11.6. The minimum atomic E-state index is -1.01. The second-order valence-corrected chi connectivity index (χ2v) is 10.7. The highest BCUT2D eigenvalue weighted by Crippen LogP contribution is 2.37. The summed E-state index contributed by atoms with van der Waals surface area (Å²) in [5.41, 5.74) is 1.63. The third kappa shape index (κ3) is 6.12. The van der Waals surface area contributed by atoms with Crippen molar-refractivity contribution in [3.8, 4) is 23.1 Å². The van der Waals surface area contributed by atoms with Crippen LogP contribution in [0.15, 0.2) is 91.4 Å². The van der Waals surface area contributed by atoms with Gasteiger partial charge in [-0.15, -0.1) is 0 Å². The normalized spacial score (nSPS) is 15.9. The maximum atomic E-state index is 13.5. The van der Waals surface area contributed by atoms with Crippen LogP contribution in [0.1, 0.15) is 11.6 Å². The number of nitrogens with zero attached hydrogens (tertiary/aromatic N) is 4. The Morgan fingerprint density at radius 3 is 2.39 bits per heavy atom. The van der Waals surface area contributed by atoms with E-state index in [1.54, 1.807) is 58.9 Å². The molecule has 38 heavy (non-hydrogen) atoms. The van der Waals surface area contributed by atoms with Gasteiger partial charge in [-0.2, -0.15) is 0 Å². The Morgan fingerprint density at radius 2 is 1.71 bits per heavy atom. The molecule has 0 radical (unpaired) electrons. The number of ether oxygens (including phenoxy) is 2. The number of anilines is 1. The summed E-state index contributed by atoms with van der Waals surface area (Å²) in [6.07, 6.45) is 6.32. The molecule has 5 rings (SSSR count). The van der Waals surface area contributed by atoms with E-state index in [1.807, 2.05) is 48.5 Å². The lowest BCUT2D eigenvalue weighted by molar-refractivity contribution is 0.223. The number of carbonyl (C=O) groups is 1. The fourth-order valence-corrected chi connectivity index (χ4v) is 4.79. The first kappa shape index (κ1) is 25.7. The van der Waals surface area contributed by atoms with E-state index < -0.39 is 10.8 Å². The maximum Gasteiger partial charge on any atom is 0.325 e. The van der Waals surface area contributed by atoms with E-state index in [2.05, 4.69) is 9.97 Å². The van der Waals surface area contributed by atoms with E-state index in [-0.39, 0.29) is 12.1 Å². The molecule has 0 saturated carbocycles. The van der Waals surface area contributed by atoms with E-state index in [4.69, 9.17) is 21.1 Å². The van der Waals surface area contributed by atoms with E-state index >= 15 is 0 Å². The first-order valence-electron chi connectivity index (χ1n) is 11.9. The molecule has 0 aliphatic carbocycles. The summed E-state index contributed by atoms with van der Waals surface area (Å²) in [6.45, 7) is 0.857. The van der Waals surface area contributed by atoms with Crippen LogP contribution in [0.3, 0.4) is 0 Å². The molecule has 2 amide bonds. The molecule has 1 aromatic heterocycles. The minimum absolute atomic E-state index is 0.146. The Balaban J connectivity index is 1.41. The zero-order valence-corrected chi connectivity index (χ0v) is 22.1. The topological polar surface area (TPSA) is 84.9 Å². The third-order valence-electron chi connectivity index (χ3n) is 6.00. The number of rotatable bonds is 9. The summed E-state index contributed by atoms with van der Waals surface area (Å²) in [7, 11) is -1.01. The molecule has 10 heteroatoms. The average Bonchev–Trinajstić information content (AvgIpc) is 3.26. The lowest BCUT2D eigenvalue weighted by Gasteiger charge is -2.24. The van der Waals surface area contributed by atoms with Crippen LogP contribution in [0.2, 0.25) is 5.02 Å². The Bertz CT molecular complexity index is 1420. The van der Waals surface area contributed by atoms with E-state index in [1.165, 1.54) is 0 Å². The molecule has 0 bridgehead atoms. The van der Waals surface area contributed by atoms with Gasteiger partial charge < -0.3 is 14.4 Å². The molecule has 4 aromatic rings. The summed E-state index contributed by atoms with van der Waals surface area (Å²) in [4.78, 5) is 25.2. The van der Waals surface area contributed by atoms with Crippen molar-refractivity contribution in [1.82, 2.24) is 14.9 Å². The predicted octanol–water partition coefficient (Wildman–Crippen LogP) is 6.08. The lowest BCUT2D eigenvalue weighted by atomic mass is 10.1. The van der Waals surface area contributed by atoms with Crippen molar-refractivity contribution in [3.63, 3.8) is 0 Å². The van der Waals surface area contributed by atoms with Gasteiger partial charge in [-0.3, -0.25) is 14.1 Å². The van der Waals surface area contributed by atoms with Crippen molar-refractivity contribution in [3.05, 3.63) is 102 Å². The first-order valence-corrected chi connectivity index (χ1v) is 14.0. The molecule has 1 aliphatic heterocycles. The Kier molecular flexibility index (Phi) is 7.86. The number of carbonyl (C=O) groups excluding carboxylic acids is 1. The molecule has 1 saturated heterocycles. The maximum absolute atomic E-state index is 13.5. The van der Waals surface area contributed by atoms with Crippen molar-refractivity contribution in [2.45, 2.75) is 6.04 Å². The van der Waals surface area contributed by atoms with Crippen molar-refractivity contribution >= 4 is 34.1 Å². The van der Waals surface area contributed by atoms with Crippen LogP contribution in [0.25, 0.3) is 0 Å².